The number of nitriles is 1. The van der Waals surface area contributed by atoms with Gasteiger partial charge in [-0.25, -0.2) is 9.78 Å². The summed E-state index contributed by atoms with van der Waals surface area (Å²) < 4.78 is 39.2. The van der Waals surface area contributed by atoms with Crippen LogP contribution in [0.2, 0.25) is 0 Å². The highest BCUT2D eigenvalue weighted by molar-refractivity contribution is 5.86. The third-order valence-electron chi connectivity index (χ3n) is 1.43. The number of aromatic nitrogens is 1. The second kappa shape index (κ2) is 4.06. The summed E-state index contributed by atoms with van der Waals surface area (Å²) in [5.74, 6) is -2.40. The van der Waals surface area contributed by atoms with E-state index in [4.69, 9.17) is 10.4 Å². The number of pyridine rings is 1. The van der Waals surface area contributed by atoms with Crippen molar-refractivity contribution in [2.45, 2.75) is 6.36 Å². The van der Waals surface area contributed by atoms with Crippen LogP contribution >= 0.6 is 0 Å². The molecular formula is C8H3F3N2O3. The summed E-state index contributed by atoms with van der Waals surface area (Å²) >= 11 is 0. The maximum Gasteiger partial charge on any atom is 0.573 e. The summed E-state index contributed by atoms with van der Waals surface area (Å²) in [6.45, 7) is 0. The van der Waals surface area contributed by atoms with Crippen molar-refractivity contribution in [3.8, 4) is 11.8 Å². The van der Waals surface area contributed by atoms with E-state index in [1.165, 1.54) is 6.07 Å². The van der Waals surface area contributed by atoms with Crippen LogP contribution in [0.25, 0.3) is 0 Å². The van der Waals surface area contributed by atoms with E-state index in [2.05, 4.69) is 9.72 Å². The van der Waals surface area contributed by atoms with Crippen LogP contribution in [-0.2, 0) is 0 Å². The molecule has 84 valence electrons. The van der Waals surface area contributed by atoms with E-state index in [-0.39, 0.29) is 0 Å². The number of carbonyl (C=O) groups is 1. The Hall–Kier alpha value is -2.30. The highest BCUT2D eigenvalue weighted by Gasteiger charge is 2.32. The molecule has 0 fully saturated rings. The number of aromatic carboxylic acids is 1. The van der Waals surface area contributed by atoms with Gasteiger partial charge in [-0.1, -0.05) is 0 Å². The molecule has 0 atom stereocenters. The second-order valence-corrected chi connectivity index (χ2v) is 2.53. The molecule has 0 saturated heterocycles. The zero-order valence-corrected chi connectivity index (χ0v) is 7.45. The molecule has 0 bridgehead atoms. The Bertz CT molecular complexity index is 465. The second-order valence-electron chi connectivity index (χ2n) is 2.53. The van der Waals surface area contributed by atoms with Gasteiger partial charge in [0.15, 0.2) is 11.4 Å². The van der Waals surface area contributed by atoms with Gasteiger partial charge in [0, 0.05) is 12.3 Å². The fourth-order valence-electron chi connectivity index (χ4n) is 0.847. The predicted molar refractivity (Wildman–Crippen MR) is 42.6 cm³/mol. The number of halogens is 3. The molecule has 0 spiro atoms. The molecule has 0 unspecified atom stereocenters. The Morgan fingerprint density at radius 3 is 2.62 bits per heavy atom. The van der Waals surface area contributed by atoms with Crippen molar-refractivity contribution in [2.24, 2.45) is 0 Å². The lowest BCUT2D eigenvalue weighted by molar-refractivity contribution is -0.274. The van der Waals surface area contributed by atoms with Gasteiger partial charge in [-0.05, 0) is 0 Å². The fourth-order valence-corrected chi connectivity index (χ4v) is 0.847. The van der Waals surface area contributed by atoms with Crippen LogP contribution in [0.15, 0.2) is 12.3 Å². The molecule has 1 heterocycles. The Morgan fingerprint density at radius 2 is 2.19 bits per heavy atom. The molecule has 0 aliphatic heterocycles. The monoisotopic (exact) mass is 232 g/mol. The number of ether oxygens (including phenoxy) is 1. The van der Waals surface area contributed by atoms with E-state index in [0.717, 1.165) is 0 Å². The first-order valence-electron chi connectivity index (χ1n) is 3.72. The average Bonchev–Trinajstić information content (AvgIpc) is 2.15. The number of alkyl halides is 3. The number of hydrogen-bond donors (Lipinski definition) is 1. The van der Waals surface area contributed by atoms with Crippen LogP contribution in [0.4, 0.5) is 13.2 Å². The minimum atomic E-state index is -5.00. The van der Waals surface area contributed by atoms with Crippen molar-refractivity contribution in [2.75, 3.05) is 0 Å². The number of carboxylic acid groups (broad SMARTS) is 1. The molecule has 0 saturated carbocycles. The predicted octanol–water partition coefficient (Wildman–Crippen LogP) is 1.55. The molecule has 1 rings (SSSR count). The Kier molecular flexibility index (Phi) is 2.99. The zero-order chi connectivity index (χ0) is 12.3. The van der Waals surface area contributed by atoms with Crippen LogP contribution in [-0.4, -0.2) is 22.4 Å². The number of hydrogen-bond acceptors (Lipinski definition) is 4. The molecule has 1 aromatic rings. The summed E-state index contributed by atoms with van der Waals surface area (Å²) in [4.78, 5) is 13.7. The maximum atomic E-state index is 11.9. The highest BCUT2D eigenvalue weighted by atomic mass is 19.4. The highest BCUT2D eigenvalue weighted by Crippen LogP contribution is 2.26. The van der Waals surface area contributed by atoms with Gasteiger partial charge in [0.25, 0.3) is 0 Å². The first kappa shape index (κ1) is 11.8. The van der Waals surface area contributed by atoms with Gasteiger partial charge in [-0.15, -0.1) is 13.2 Å². The van der Waals surface area contributed by atoms with Gasteiger partial charge in [0.1, 0.15) is 11.6 Å². The first-order chi connectivity index (χ1) is 7.33. The molecule has 0 aromatic carbocycles. The third kappa shape index (κ3) is 2.84. The van der Waals surface area contributed by atoms with Crippen molar-refractivity contribution in [1.82, 2.24) is 4.98 Å². The zero-order valence-electron chi connectivity index (χ0n) is 7.45. The van der Waals surface area contributed by atoms with E-state index in [1.807, 2.05) is 0 Å². The third-order valence-corrected chi connectivity index (χ3v) is 1.43. The summed E-state index contributed by atoms with van der Waals surface area (Å²) in [7, 11) is 0. The molecule has 0 amide bonds. The van der Waals surface area contributed by atoms with Gasteiger partial charge >= 0.3 is 12.3 Å². The fraction of sp³-hybridized carbons (Fsp3) is 0.125. The number of nitrogens with zero attached hydrogens (tertiary/aromatic N) is 2. The molecular weight excluding hydrogens is 229 g/mol. The first-order valence-corrected chi connectivity index (χ1v) is 3.72. The van der Waals surface area contributed by atoms with E-state index in [1.54, 1.807) is 0 Å². The van der Waals surface area contributed by atoms with Gasteiger partial charge < -0.3 is 9.84 Å². The van der Waals surface area contributed by atoms with Gasteiger partial charge in [0.05, 0.1) is 0 Å². The number of rotatable bonds is 2. The molecule has 1 N–H and O–H groups in total. The van der Waals surface area contributed by atoms with Crippen LogP contribution < -0.4 is 4.74 Å². The van der Waals surface area contributed by atoms with Crippen molar-refractivity contribution in [3.63, 3.8) is 0 Å². The van der Waals surface area contributed by atoms with Crippen LogP contribution in [0.3, 0.4) is 0 Å². The molecule has 8 heteroatoms. The van der Waals surface area contributed by atoms with Crippen LogP contribution in [0, 0.1) is 11.3 Å². The largest absolute Gasteiger partial charge is 0.573 e. The summed E-state index contributed by atoms with van der Waals surface area (Å²) in [5, 5.41) is 16.9. The molecule has 0 radical (unpaired) electrons. The minimum absolute atomic E-state index is 0.498. The Morgan fingerprint density at radius 1 is 1.56 bits per heavy atom. The van der Waals surface area contributed by atoms with Crippen LogP contribution in [0.5, 0.6) is 5.75 Å². The lowest BCUT2D eigenvalue weighted by Gasteiger charge is -2.09. The maximum absolute atomic E-state index is 11.9. The van der Waals surface area contributed by atoms with Gasteiger partial charge in [0.2, 0.25) is 0 Å². The minimum Gasteiger partial charge on any atom is -0.477 e. The SMILES string of the molecule is N#Cc1cnc(C(=O)O)cc1OC(F)(F)F. The van der Waals surface area contributed by atoms with Gasteiger partial charge in [-0.2, -0.15) is 5.26 Å². The normalized spacial score (nSPS) is 10.6. The Balaban J connectivity index is 3.19. The van der Waals surface area contributed by atoms with Crippen molar-refractivity contribution >= 4 is 5.97 Å². The lowest BCUT2D eigenvalue weighted by Crippen LogP contribution is -2.18. The Labute approximate surface area is 86.7 Å². The van der Waals surface area contributed by atoms with E-state index in [9.17, 15) is 18.0 Å². The number of carboxylic acids is 1. The van der Waals surface area contributed by atoms with Crippen LogP contribution in [0.1, 0.15) is 16.1 Å². The quantitative estimate of drug-likeness (QED) is 0.836. The lowest BCUT2D eigenvalue weighted by atomic mass is 10.2. The van der Waals surface area contributed by atoms with Crippen molar-refractivity contribution in [1.29, 1.82) is 5.26 Å². The summed E-state index contributed by atoms with van der Waals surface area (Å²) in [6.07, 6.45) is -4.30. The molecule has 0 aliphatic rings. The summed E-state index contributed by atoms with van der Waals surface area (Å²) in [6, 6.07) is 1.94. The average molecular weight is 232 g/mol. The molecule has 1 aromatic heterocycles. The molecule has 5 nitrogen and oxygen atoms in total. The standard InChI is InChI=1S/C8H3F3N2O3/c9-8(10,11)16-6-1-5(7(14)15)13-3-4(6)2-12/h1,3H,(H,14,15). The molecule has 0 aliphatic carbocycles. The van der Waals surface area contributed by atoms with E-state index < -0.39 is 29.3 Å². The summed E-state index contributed by atoms with van der Waals surface area (Å²) in [5.41, 5.74) is -1.14. The molecule has 16 heavy (non-hydrogen) atoms. The van der Waals surface area contributed by atoms with Crippen molar-refractivity contribution in [3.05, 3.63) is 23.5 Å². The van der Waals surface area contributed by atoms with E-state index in [0.29, 0.717) is 12.3 Å². The van der Waals surface area contributed by atoms with Crippen molar-refractivity contribution < 1.29 is 27.8 Å². The smallest absolute Gasteiger partial charge is 0.477 e. The van der Waals surface area contributed by atoms with Gasteiger partial charge in [-0.3, -0.25) is 0 Å². The topological polar surface area (TPSA) is 83.2 Å². The van der Waals surface area contributed by atoms with E-state index >= 15 is 0 Å².